The minimum absolute atomic E-state index is 0.0532. The van der Waals surface area contributed by atoms with Crippen molar-refractivity contribution < 1.29 is 24.2 Å². The summed E-state index contributed by atoms with van der Waals surface area (Å²) >= 11 is 1.31. The highest BCUT2D eigenvalue weighted by Gasteiger charge is 2.25. The summed E-state index contributed by atoms with van der Waals surface area (Å²) in [6, 6.07) is 4.25. The molecule has 3 aromatic rings. The highest BCUT2D eigenvalue weighted by atomic mass is 32.1. The summed E-state index contributed by atoms with van der Waals surface area (Å²) in [6.45, 7) is 3.60. The molecule has 35 heavy (non-hydrogen) atoms. The van der Waals surface area contributed by atoms with Crippen LogP contribution in [-0.2, 0) is 27.2 Å². The molecule has 2 atom stereocenters. The van der Waals surface area contributed by atoms with Crippen LogP contribution in [0.2, 0.25) is 0 Å². The Labute approximate surface area is 205 Å². The number of rotatable bonds is 12. The number of carboxylic acid groups (broad SMARTS) is 1. The molecule has 11 nitrogen and oxygen atoms in total. The van der Waals surface area contributed by atoms with Gasteiger partial charge in [0.05, 0.1) is 16.4 Å². The quantitative estimate of drug-likeness (QED) is 0.234. The van der Waals surface area contributed by atoms with E-state index in [1.165, 1.54) is 11.3 Å². The van der Waals surface area contributed by atoms with Crippen molar-refractivity contribution in [2.75, 3.05) is 5.73 Å². The van der Waals surface area contributed by atoms with Crippen LogP contribution in [0.5, 0.6) is 0 Å². The summed E-state index contributed by atoms with van der Waals surface area (Å²) in [5.74, 6) is -2.09. The van der Waals surface area contributed by atoms with Crippen LogP contribution < -0.4 is 16.6 Å². The van der Waals surface area contributed by atoms with Crippen LogP contribution in [0.25, 0.3) is 11.0 Å². The van der Waals surface area contributed by atoms with Crippen LogP contribution in [0.3, 0.4) is 0 Å². The zero-order valence-electron chi connectivity index (χ0n) is 19.6. The van der Waals surface area contributed by atoms with Gasteiger partial charge in [-0.1, -0.05) is 6.92 Å². The molecule has 0 spiro atoms. The molecule has 0 bridgehead atoms. The second-order valence-electron chi connectivity index (χ2n) is 8.24. The Morgan fingerprint density at radius 1 is 1.26 bits per heavy atom. The molecule has 0 aromatic carbocycles. The molecule has 0 saturated heterocycles. The normalized spacial score (nSPS) is 12.9. The number of carbonyl (C=O) groups is 3. The molecule has 0 radical (unpaired) electrons. The number of fused-ring (bicyclic) bond motifs is 1. The largest absolute Gasteiger partial charge is 0.481 e. The third kappa shape index (κ3) is 7.15. The third-order valence-corrected chi connectivity index (χ3v) is 6.60. The maximum atomic E-state index is 12.7. The van der Waals surface area contributed by atoms with E-state index in [9.17, 15) is 19.2 Å². The van der Waals surface area contributed by atoms with Crippen molar-refractivity contribution in [2.45, 2.75) is 64.5 Å². The Bertz CT molecular complexity index is 1260. The van der Waals surface area contributed by atoms with Crippen molar-refractivity contribution in [3.8, 4) is 0 Å². The van der Waals surface area contributed by atoms with Gasteiger partial charge in [-0.05, 0) is 57.2 Å². The Morgan fingerprint density at radius 2 is 2.03 bits per heavy atom. The zero-order valence-corrected chi connectivity index (χ0v) is 20.4. The number of nitrogens with two attached hydrogens (primary N) is 1. The molecule has 6 N–H and O–H groups in total. The molecule has 0 saturated carbocycles. The predicted octanol–water partition coefficient (Wildman–Crippen LogP) is 2.38. The fourth-order valence-electron chi connectivity index (χ4n) is 3.42. The van der Waals surface area contributed by atoms with Crippen LogP contribution in [-0.4, -0.2) is 50.1 Å². The molecule has 1 amide bonds. The van der Waals surface area contributed by atoms with E-state index in [4.69, 9.17) is 15.6 Å². The standard InChI is InChI=1S/C23H29N5O6S/c1-3-12(2)34-22(33)16(8-10-18(29)30)26-21(32)17-9-7-14(35-17)6-4-5-13-11-15-19(25-13)27-23(24)28-20(15)31/h7,9,11-12,16H,3-6,8,10H2,1-2H3,(H,26,32)(H,29,30)(H4,24,25,27,28,31). The molecule has 0 aliphatic carbocycles. The predicted molar refractivity (Wildman–Crippen MR) is 131 cm³/mol. The number of nitrogens with zero attached hydrogens (tertiary/aromatic N) is 1. The van der Waals surface area contributed by atoms with Gasteiger partial charge < -0.3 is 25.9 Å². The average molecular weight is 504 g/mol. The number of aromatic amines is 2. The van der Waals surface area contributed by atoms with Crippen LogP contribution >= 0.6 is 11.3 Å². The van der Waals surface area contributed by atoms with Crippen molar-refractivity contribution in [3.63, 3.8) is 0 Å². The molecule has 12 heteroatoms. The number of hydrogen-bond acceptors (Lipinski definition) is 8. The second-order valence-corrected chi connectivity index (χ2v) is 9.41. The maximum absolute atomic E-state index is 12.7. The summed E-state index contributed by atoms with van der Waals surface area (Å²) in [5, 5.41) is 12.0. The van der Waals surface area contributed by atoms with Crippen molar-refractivity contribution in [1.29, 1.82) is 0 Å². The van der Waals surface area contributed by atoms with E-state index < -0.39 is 23.9 Å². The van der Waals surface area contributed by atoms with Crippen LogP contribution in [0, 0.1) is 0 Å². The molecule has 3 heterocycles. The van der Waals surface area contributed by atoms with Gasteiger partial charge in [-0.3, -0.25) is 19.4 Å². The maximum Gasteiger partial charge on any atom is 0.328 e. The molecule has 188 valence electrons. The van der Waals surface area contributed by atoms with E-state index >= 15 is 0 Å². The smallest absolute Gasteiger partial charge is 0.328 e. The minimum atomic E-state index is -1.06. The number of amides is 1. The fourth-order valence-corrected chi connectivity index (χ4v) is 4.38. The number of aromatic nitrogens is 3. The number of H-pyrrole nitrogens is 2. The zero-order chi connectivity index (χ0) is 25.5. The second kappa shape index (κ2) is 11.6. The number of aliphatic carboxylic acids is 1. The lowest BCUT2D eigenvalue weighted by Gasteiger charge is -2.19. The van der Waals surface area contributed by atoms with E-state index in [0.29, 0.717) is 35.2 Å². The number of hydrogen-bond donors (Lipinski definition) is 5. The Hall–Kier alpha value is -3.67. The minimum Gasteiger partial charge on any atom is -0.481 e. The average Bonchev–Trinajstić information content (AvgIpc) is 3.43. The lowest BCUT2D eigenvalue weighted by molar-refractivity contribution is -0.151. The number of esters is 1. The first kappa shape index (κ1) is 25.9. The molecule has 0 fully saturated rings. The molecular weight excluding hydrogens is 474 g/mol. The third-order valence-electron chi connectivity index (χ3n) is 5.45. The number of carboxylic acids is 1. The van der Waals surface area contributed by atoms with E-state index in [-0.39, 0.29) is 30.5 Å². The van der Waals surface area contributed by atoms with Gasteiger partial charge >= 0.3 is 11.9 Å². The van der Waals surface area contributed by atoms with E-state index in [1.54, 1.807) is 19.1 Å². The number of ether oxygens (including phenoxy) is 1. The monoisotopic (exact) mass is 503 g/mol. The number of nitrogens with one attached hydrogen (secondary N) is 3. The molecule has 0 aliphatic heterocycles. The van der Waals surface area contributed by atoms with Crippen molar-refractivity contribution in [3.05, 3.63) is 44.0 Å². The highest BCUT2D eigenvalue weighted by Crippen LogP contribution is 2.20. The number of anilines is 1. The lowest BCUT2D eigenvalue weighted by atomic mass is 10.1. The van der Waals surface area contributed by atoms with E-state index in [1.807, 2.05) is 13.0 Å². The number of thiophene rings is 1. The van der Waals surface area contributed by atoms with Gasteiger partial charge in [0.2, 0.25) is 5.95 Å². The Morgan fingerprint density at radius 3 is 2.74 bits per heavy atom. The first-order valence-corrected chi connectivity index (χ1v) is 12.2. The van der Waals surface area contributed by atoms with Gasteiger partial charge in [0.1, 0.15) is 11.7 Å². The van der Waals surface area contributed by atoms with Crippen LogP contribution in [0.1, 0.15) is 59.8 Å². The summed E-state index contributed by atoms with van der Waals surface area (Å²) in [7, 11) is 0. The first-order valence-electron chi connectivity index (χ1n) is 11.4. The number of aryl methyl sites for hydroxylation is 2. The highest BCUT2D eigenvalue weighted by molar-refractivity contribution is 7.14. The molecule has 0 aliphatic rings. The SMILES string of the molecule is CCC(C)OC(=O)C(CCC(=O)O)NC(=O)c1ccc(CCCc2cc3c(=O)[nH]c(N)nc3[nH]2)s1. The fraction of sp³-hybridized carbons (Fsp3) is 0.435. The Balaban J connectivity index is 1.57. The molecule has 3 aromatic heterocycles. The summed E-state index contributed by atoms with van der Waals surface area (Å²) < 4.78 is 5.29. The molecule has 2 unspecified atom stereocenters. The van der Waals surface area contributed by atoms with Gasteiger partial charge in [-0.25, -0.2) is 4.79 Å². The van der Waals surface area contributed by atoms with Crippen LogP contribution in [0.15, 0.2) is 23.0 Å². The van der Waals surface area contributed by atoms with Gasteiger partial charge in [0, 0.05) is 17.0 Å². The molecular formula is C23H29N5O6S. The van der Waals surface area contributed by atoms with Gasteiger partial charge in [-0.2, -0.15) is 4.98 Å². The summed E-state index contributed by atoms with van der Waals surface area (Å²) in [5.41, 5.74) is 6.58. The van der Waals surface area contributed by atoms with Gasteiger partial charge in [0.25, 0.3) is 11.5 Å². The van der Waals surface area contributed by atoms with Gasteiger partial charge in [0.15, 0.2) is 0 Å². The molecule has 3 rings (SSSR count). The van der Waals surface area contributed by atoms with Crippen molar-refractivity contribution in [1.82, 2.24) is 20.3 Å². The Kier molecular flexibility index (Phi) is 8.63. The van der Waals surface area contributed by atoms with E-state index in [2.05, 4.69) is 20.3 Å². The summed E-state index contributed by atoms with van der Waals surface area (Å²) in [6.07, 6.45) is 2.11. The van der Waals surface area contributed by atoms with Crippen molar-refractivity contribution >= 4 is 46.2 Å². The number of carbonyl (C=O) groups excluding carboxylic acids is 2. The topological polar surface area (TPSA) is 180 Å². The van der Waals surface area contributed by atoms with Crippen LogP contribution in [0.4, 0.5) is 5.95 Å². The first-order chi connectivity index (χ1) is 16.7. The van der Waals surface area contributed by atoms with E-state index in [0.717, 1.165) is 17.0 Å². The summed E-state index contributed by atoms with van der Waals surface area (Å²) in [4.78, 5) is 59.1. The lowest BCUT2D eigenvalue weighted by Crippen LogP contribution is -2.42. The van der Waals surface area contributed by atoms with Gasteiger partial charge in [-0.15, -0.1) is 11.3 Å². The van der Waals surface area contributed by atoms with Crippen molar-refractivity contribution in [2.24, 2.45) is 0 Å². The number of nitrogen functional groups attached to an aromatic ring is 1.